The summed E-state index contributed by atoms with van der Waals surface area (Å²) in [6.07, 6.45) is 1.74. The smallest absolute Gasteiger partial charge is 0.338 e. The fourth-order valence-corrected chi connectivity index (χ4v) is 3.56. The Morgan fingerprint density at radius 1 is 1.16 bits per heavy atom. The molecule has 0 heterocycles. The molecule has 1 N–H and O–H groups in total. The van der Waals surface area contributed by atoms with Crippen molar-refractivity contribution in [3.05, 3.63) is 59.7 Å². The molecule has 1 aliphatic rings. The number of ether oxygens (including phenoxy) is 2. The first-order chi connectivity index (χ1) is 12.0. The molecule has 132 valence electrons. The van der Waals surface area contributed by atoms with Crippen LogP contribution >= 0.6 is 0 Å². The first kappa shape index (κ1) is 17.4. The highest BCUT2D eigenvalue weighted by molar-refractivity contribution is 7.89. The van der Waals surface area contributed by atoms with Gasteiger partial charge in [-0.1, -0.05) is 12.1 Å². The topological polar surface area (TPSA) is 81.7 Å². The van der Waals surface area contributed by atoms with E-state index in [-0.39, 0.29) is 17.5 Å². The second kappa shape index (κ2) is 7.25. The number of sulfonamides is 1. The molecule has 1 fully saturated rings. The number of benzene rings is 2. The number of nitrogens with one attached hydrogen (secondary N) is 1. The molecule has 25 heavy (non-hydrogen) atoms. The van der Waals surface area contributed by atoms with Crippen molar-refractivity contribution in [2.24, 2.45) is 0 Å². The van der Waals surface area contributed by atoms with E-state index in [1.54, 1.807) is 19.2 Å². The zero-order valence-corrected chi connectivity index (χ0v) is 14.6. The predicted molar refractivity (Wildman–Crippen MR) is 91.9 cm³/mol. The third-order valence-corrected chi connectivity index (χ3v) is 5.34. The van der Waals surface area contributed by atoms with Crippen LogP contribution in [0, 0.1) is 0 Å². The van der Waals surface area contributed by atoms with Gasteiger partial charge in [-0.05, 0) is 54.8 Å². The maximum Gasteiger partial charge on any atom is 0.338 e. The highest BCUT2D eigenvalue weighted by Crippen LogP contribution is 2.22. The van der Waals surface area contributed by atoms with E-state index in [2.05, 4.69) is 4.72 Å². The first-order valence-corrected chi connectivity index (χ1v) is 9.39. The molecule has 0 saturated heterocycles. The predicted octanol–water partition coefficient (Wildman–Crippen LogP) is 2.49. The third-order valence-electron chi connectivity index (χ3n) is 3.80. The van der Waals surface area contributed by atoms with Gasteiger partial charge in [-0.3, -0.25) is 0 Å². The quantitative estimate of drug-likeness (QED) is 0.766. The van der Waals surface area contributed by atoms with E-state index >= 15 is 0 Å². The number of rotatable bonds is 7. The van der Waals surface area contributed by atoms with Gasteiger partial charge in [0.05, 0.1) is 17.6 Å². The first-order valence-electron chi connectivity index (χ1n) is 7.90. The SMILES string of the molecule is COc1cccc(COC(=O)c2ccc(S(=O)(=O)NC3CC3)cc2)c1. The molecular weight excluding hydrogens is 342 g/mol. The van der Waals surface area contributed by atoms with Crippen LogP contribution in [0.3, 0.4) is 0 Å². The number of methoxy groups -OCH3 is 1. The molecule has 0 unspecified atom stereocenters. The van der Waals surface area contributed by atoms with E-state index in [1.807, 2.05) is 12.1 Å². The molecule has 0 radical (unpaired) electrons. The molecule has 0 aliphatic heterocycles. The van der Waals surface area contributed by atoms with Gasteiger partial charge in [0.15, 0.2) is 0 Å². The van der Waals surface area contributed by atoms with Crippen molar-refractivity contribution in [2.45, 2.75) is 30.4 Å². The molecular formula is C18H19NO5S. The van der Waals surface area contributed by atoms with Crippen molar-refractivity contribution in [1.29, 1.82) is 0 Å². The van der Waals surface area contributed by atoms with Crippen LogP contribution < -0.4 is 9.46 Å². The normalized spacial score (nSPS) is 14.1. The molecule has 3 rings (SSSR count). The van der Waals surface area contributed by atoms with Crippen molar-refractivity contribution in [3.63, 3.8) is 0 Å². The average Bonchev–Trinajstić information content (AvgIpc) is 3.43. The molecule has 0 aromatic heterocycles. The van der Waals surface area contributed by atoms with Crippen molar-refractivity contribution < 1.29 is 22.7 Å². The fourth-order valence-electron chi connectivity index (χ4n) is 2.25. The van der Waals surface area contributed by atoms with E-state index in [9.17, 15) is 13.2 Å². The Morgan fingerprint density at radius 2 is 1.88 bits per heavy atom. The Kier molecular flexibility index (Phi) is 5.06. The molecule has 1 saturated carbocycles. The number of hydrogen-bond acceptors (Lipinski definition) is 5. The van der Waals surface area contributed by atoms with Gasteiger partial charge >= 0.3 is 5.97 Å². The van der Waals surface area contributed by atoms with Crippen LogP contribution in [-0.4, -0.2) is 27.5 Å². The summed E-state index contributed by atoms with van der Waals surface area (Å²) in [5.41, 5.74) is 1.11. The maximum atomic E-state index is 12.1. The lowest BCUT2D eigenvalue weighted by Gasteiger charge is -2.08. The Hall–Kier alpha value is -2.38. The Balaban J connectivity index is 1.62. The van der Waals surface area contributed by atoms with E-state index in [4.69, 9.17) is 9.47 Å². The Bertz CT molecular complexity index is 857. The number of esters is 1. The molecule has 7 heteroatoms. The monoisotopic (exact) mass is 361 g/mol. The maximum absolute atomic E-state index is 12.1. The van der Waals surface area contributed by atoms with Gasteiger partial charge in [-0.15, -0.1) is 0 Å². The highest BCUT2D eigenvalue weighted by atomic mass is 32.2. The van der Waals surface area contributed by atoms with Crippen LogP contribution in [0.4, 0.5) is 0 Å². The fraction of sp³-hybridized carbons (Fsp3) is 0.278. The molecule has 2 aromatic carbocycles. The number of hydrogen-bond donors (Lipinski definition) is 1. The number of carbonyl (C=O) groups excluding carboxylic acids is 1. The van der Waals surface area contributed by atoms with Crippen molar-refractivity contribution in [1.82, 2.24) is 4.72 Å². The van der Waals surface area contributed by atoms with E-state index < -0.39 is 16.0 Å². The molecule has 6 nitrogen and oxygen atoms in total. The van der Waals surface area contributed by atoms with E-state index in [1.165, 1.54) is 24.3 Å². The van der Waals surface area contributed by atoms with Crippen molar-refractivity contribution >= 4 is 16.0 Å². The average molecular weight is 361 g/mol. The van der Waals surface area contributed by atoms with Crippen molar-refractivity contribution in [3.8, 4) is 5.75 Å². The van der Waals surface area contributed by atoms with Gasteiger partial charge in [-0.2, -0.15) is 0 Å². The number of carbonyl (C=O) groups is 1. The van der Waals surface area contributed by atoms with Crippen LogP contribution in [0.1, 0.15) is 28.8 Å². The minimum atomic E-state index is -3.52. The molecule has 0 spiro atoms. The van der Waals surface area contributed by atoms with E-state index in [0.717, 1.165) is 18.4 Å². The summed E-state index contributed by atoms with van der Waals surface area (Å²) in [6, 6.07) is 13.0. The van der Waals surface area contributed by atoms with Gasteiger partial charge in [0.2, 0.25) is 10.0 Å². The highest BCUT2D eigenvalue weighted by Gasteiger charge is 2.28. The summed E-state index contributed by atoms with van der Waals surface area (Å²) >= 11 is 0. The van der Waals surface area contributed by atoms with Crippen LogP contribution in [0.5, 0.6) is 5.75 Å². The second-order valence-electron chi connectivity index (χ2n) is 5.85. The zero-order chi connectivity index (χ0) is 17.9. The minimum Gasteiger partial charge on any atom is -0.497 e. The lowest BCUT2D eigenvalue weighted by atomic mass is 10.2. The Labute approximate surface area is 146 Å². The molecule has 0 amide bonds. The van der Waals surface area contributed by atoms with Gasteiger partial charge in [0, 0.05) is 6.04 Å². The third kappa shape index (κ3) is 4.58. The zero-order valence-electron chi connectivity index (χ0n) is 13.8. The van der Waals surface area contributed by atoms with Crippen LogP contribution in [-0.2, 0) is 21.4 Å². The largest absolute Gasteiger partial charge is 0.497 e. The summed E-state index contributed by atoms with van der Waals surface area (Å²) in [6.45, 7) is 0.110. The summed E-state index contributed by atoms with van der Waals surface area (Å²) in [7, 11) is -1.95. The summed E-state index contributed by atoms with van der Waals surface area (Å²) < 4.78 is 37.2. The van der Waals surface area contributed by atoms with Crippen molar-refractivity contribution in [2.75, 3.05) is 7.11 Å². The molecule has 2 aromatic rings. The standard InChI is InChI=1S/C18H19NO5S/c1-23-16-4-2-3-13(11-16)12-24-18(20)14-5-9-17(10-6-14)25(21,22)19-15-7-8-15/h2-6,9-11,15,19H,7-8,12H2,1H3. The minimum absolute atomic E-state index is 0.0394. The van der Waals surface area contributed by atoms with Gasteiger partial charge in [-0.25, -0.2) is 17.9 Å². The molecule has 0 atom stereocenters. The van der Waals surface area contributed by atoms with Gasteiger partial charge in [0.25, 0.3) is 0 Å². The second-order valence-corrected chi connectivity index (χ2v) is 7.56. The lowest BCUT2D eigenvalue weighted by Crippen LogP contribution is -2.25. The summed E-state index contributed by atoms with van der Waals surface area (Å²) in [4.78, 5) is 12.2. The summed E-state index contributed by atoms with van der Waals surface area (Å²) in [5, 5.41) is 0. The van der Waals surface area contributed by atoms with Crippen LogP contribution in [0.15, 0.2) is 53.4 Å². The lowest BCUT2D eigenvalue weighted by molar-refractivity contribution is 0.0472. The Morgan fingerprint density at radius 3 is 2.52 bits per heavy atom. The van der Waals surface area contributed by atoms with Crippen LogP contribution in [0.2, 0.25) is 0 Å². The molecule has 0 bridgehead atoms. The van der Waals surface area contributed by atoms with E-state index in [0.29, 0.717) is 11.3 Å². The summed E-state index contributed by atoms with van der Waals surface area (Å²) in [5.74, 6) is 0.174. The molecule has 1 aliphatic carbocycles. The van der Waals surface area contributed by atoms with Gasteiger partial charge in [0.1, 0.15) is 12.4 Å². The van der Waals surface area contributed by atoms with Crippen LogP contribution in [0.25, 0.3) is 0 Å². The van der Waals surface area contributed by atoms with Gasteiger partial charge < -0.3 is 9.47 Å².